The Morgan fingerprint density at radius 2 is 2.20 bits per heavy atom. The highest BCUT2D eigenvalue weighted by Gasteiger charge is 2.19. The summed E-state index contributed by atoms with van der Waals surface area (Å²) in [7, 11) is 1.35. The second-order valence-corrected chi connectivity index (χ2v) is 4.34. The van der Waals surface area contributed by atoms with Gasteiger partial charge in [-0.25, -0.2) is 4.79 Å². The number of methoxy groups -OCH3 is 1. The molecule has 84 valence electrons. The van der Waals surface area contributed by atoms with Crippen molar-refractivity contribution >= 4 is 5.97 Å². The molecule has 0 fully saturated rings. The SMILES string of the molecule is COC(=O)c1cc(CC(C)(C)N)oc1C. The number of furan rings is 1. The Kier molecular flexibility index (Phi) is 3.19. The molecule has 0 saturated carbocycles. The zero-order valence-electron chi connectivity index (χ0n) is 9.59. The highest BCUT2D eigenvalue weighted by molar-refractivity contribution is 5.90. The minimum Gasteiger partial charge on any atom is -0.465 e. The first-order valence-corrected chi connectivity index (χ1v) is 4.80. The number of carbonyl (C=O) groups is 1. The van der Waals surface area contributed by atoms with Crippen molar-refractivity contribution in [2.24, 2.45) is 5.73 Å². The van der Waals surface area contributed by atoms with Crippen LogP contribution in [0.2, 0.25) is 0 Å². The van der Waals surface area contributed by atoms with Crippen LogP contribution in [0.5, 0.6) is 0 Å². The van der Waals surface area contributed by atoms with Crippen LogP contribution in [0, 0.1) is 6.92 Å². The molecule has 0 unspecified atom stereocenters. The molecular weight excluding hydrogens is 194 g/mol. The van der Waals surface area contributed by atoms with Crippen LogP contribution in [-0.4, -0.2) is 18.6 Å². The van der Waals surface area contributed by atoms with E-state index in [0.717, 1.165) is 0 Å². The number of esters is 1. The summed E-state index contributed by atoms with van der Waals surface area (Å²) in [4.78, 5) is 11.3. The lowest BCUT2D eigenvalue weighted by atomic mass is 10.0. The standard InChI is InChI=1S/C11H17NO3/c1-7-9(10(13)14-4)5-8(15-7)6-11(2,3)12/h5H,6,12H2,1-4H3. The molecule has 0 aliphatic carbocycles. The van der Waals surface area contributed by atoms with Gasteiger partial charge in [-0.3, -0.25) is 0 Å². The van der Waals surface area contributed by atoms with Crippen LogP contribution in [-0.2, 0) is 11.2 Å². The molecule has 0 amide bonds. The van der Waals surface area contributed by atoms with E-state index in [1.54, 1.807) is 13.0 Å². The predicted octanol–water partition coefficient (Wildman–Crippen LogP) is 1.65. The fourth-order valence-corrected chi connectivity index (χ4v) is 1.39. The van der Waals surface area contributed by atoms with E-state index in [-0.39, 0.29) is 11.5 Å². The summed E-state index contributed by atoms with van der Waals surface area (Å²) in [5.41, 5.74) is 5.98. The van der Waals surface area contributed by atoms with E-state index in [1.807, 2.05) is 13.8 Å². The van der Waals surface area contributed by atoms with Gasteiger partial charge in [0.25, 0.3) is 0 Å². The summed E-state index contributed by atoms with van der Waals surface area (Å²) in [6.07, 6.45) is 0.588. The summed E-state index contributed by atoms with van der Waals surface area (Å²) < 4.78 is 10.1. The molecule has 1 heterocycles. The second kappa shape index (κ2) is 4.06. The van der Waals surface area contributed by atoms with Crippen LogP contribution in [0.25, 0.3) is 0 Å². The smallest absolute Gasteiger partial charge is 0.341 e. The molecule has 2 N–H and O–H groups in total. The summed E-state index contributed by atoms with van der Waals surface area (Å²) in [5.74, 6) is 0.902. The van der Waals surface area contributed by atoms with E-state index in [4.69, 9.17) is 10.2 Å². The van der Waals surface area contributed by atoms with Gasteiger partial charge in [0.1, 0.15) is 17.1 Å². The van der Waals surface area contributed by atoms with Gasteiger partial charge in [0.15, 0.2) is 0 Å². The van der Waals surface area contributed by atoms with Gasteiger partial charge in [0, 0.05) is 12.0 Å². The maximum absolute atomic E-state index is 11.3. The minimum atomic E-state index is -0.377. The van der Waals surface area contributed by atoms with Crippen molar-refractivity contribution in [3.8, 4) is 0 Å². The third-order valence-electron chi connectivity index (χ3n) is 2.00. The highest BCUT2D eigenvalue weighted by atomic mass is 16.5. The lowest BCUT2D eigenvalue weighted by Gasteiger charge is -2.15. The van der Waals surface area contributed by atoms with Gasteiger partial charge in [0.05, 0.1) is 7.11 Å². The van der Waals surface area contributed by atoms with Gasteiger partial charge in [-0.1, -0.05) is 0 Å². The maximum atomic E-state index is 11.3. The highest BCUT2D eigenvalue weighted by Crippen LogP contribution is 2.19. The van der Waals surface area contributed by atoms with Crippen molar-refractivity contribution in [1.29, 1.82) is 0 Å². The van der Waals surface area contributed by atoms with E-state index >= 15 is 0 Å². The topological polar surface area (TPSA) is 65.5 Å². The summed E-state index contributed by atoms with van der Waals surface area (Å²) in [6.45, 7) is 5.55. The van der Waals surface area contributed by atoms with E-state index in [2.05, 4.69) is 4.74 Å². The Bertz CT molecular complexity index is 360. The van der Waals surface area contributed by atoms with Crippen molar-refractivity contribution in [1.82, 2.24) is 0 Å². The molecule has 1 aromatic rings. The predicted molar refractivity (Wildman–Crippen MR) is 56.8 cm³/mol. The molecule has 0 aliphatic heterocycles. The first-order valence-electron chi connectivity index (χ1n) is 4.80. The first-order chi connectivity index (χ1) is 6.83. The fourth-order valence-electron chi connectivity index (χ4n) is 1.39. The van der Waals surface area contributed by atoms with Crippen molar-refractivity contribution in [2.75, 3.05) is 7.11 Å². The van der Waals surface area contributed by atoms with Crippen LogP contribution in [0.1, 0.15) is 35.7 Å². The molecule has 1 rings (SSSR count). The molecule has 0 spiro atoms. The van der Waals surface area contributed by atoms with E-state index in [1.165, 1.54) is 7.11 Å². The molecule has 0 saturated heterocycles. The number of hydrogen-bond donors (Lipinski definition) is 1. The van der Waals surface area contributed by atoms with Crippen molar-refractivity contribution in [2.45, 2.75) is 32.7 Å². The second-order valence-electron chi connectivity index (χ2n) is 4.34. The monoisotopic (exact) mass is 211 g/mol. The van der Waals surface area contributed by atoms with Crippen LogP contribution in [0.4, 0.5) is 0 Å². The summed E-state index contributed by atoms with van der Waals surface area (Å²) in [6, 6.07) is 1.69. The molecule has 4 nitrogen and oxygen atoms in total. The lowest BCUT2D eigenvalue weighted by molar-refractivity contribution is 0.0599. The minimum absolute atomic E-state index is 0.350. The maximum Gasteiger partial charge on any atom is 0.341 e. The molecule has 4 heteroatoms. The number of ether oxygens (including phenoxy) is 1. The van der Waals surface area contributed by atoms with Gasteiger partial charge in [-0.05, 0) is 26.8 Å². The number of carbonyl (C=O) groups excluding carboxylic acids is 1. The van der Waals surface area contributed by atoms with E-state index < -0.39 is 0 Å². The fraction of sp³-hybridized carbons (Fsp3) is 0.545. The summed E-state index contributed by atoms with van der Waals surface area (Å²) in [5, 5.41) is 0. The molecule has 0 aliphatic rings. The van der Waals surface area contributed by atoms with Crippen LogP contribution in [0.3, 0.4) is 0 Å². The number of nitrogens with two attached hydrogens (primary N) is 1. The van der Waals surface area contributed by atoms with Gasteiger partial charge < -0.3 is 14.9 Å². The zero-order chi connectivity index (χ0) is 11.6. The largest absolute Gasteiger partial charge is 0.465 e. The van der Waals surface area contributed by atoms with Crippen molar-refractivity contribution < 1.29 is 13.9 Å². The Morgan fingerprint density at radius 3 is 2.67 bits per heavy atom. The van der Waals surface area contributed by atoms with Crippen LogP contribution < -0.4 is 5.73 Å². The quantitative estimate of drug-likeness (QED) is 0.772. The molecule has 15 heavy (non-hydrogen) atoms. The van der Waals surface area contributed by atoms with E-state index in [9.17, 15) is 4.79 Å². The number of aryl methyl sites for hydroxylation is 1. The zero-order valence-corrected chi connectivity index (χ0v) is 9.59. The van der Waals surface area contributed by atoms with Gasteiger partial charge in [0.2, 0.25) is 0 Å². The molecule has 0 bridgehead atoms. The molecule has 0 aromatic carbocycles. The third kappa shape index (κ3) is 3.09. The van der Waals surface area contributed by atoms with Crippen molar-refractivity contribution in [3.63, 3.8) is 0 Å². The third-order valence-corrected chi connectivity index (χ3v) is 2.00. The average Bonchev–Trinajstić information content (AvgIpc) is 2.42. The van der Waals surface area contributed by atoms with Gasteiger partial charge in [-0.2, -0.15) is 0 Å². The Labute approximate surface area is 89.4 Å². The van der Waals surface area contributed by atoms with E-state index in [0.29, 0.717) is 23.5 Å². The lowest BCUT2D eigenvalue weighted by Crippen LogP contribution is -2.34. The summed E-state index contributed by atoms with van der Waals surface area (Å²) >= 11 is 0. The van der Waals surface area contributed by atoms with Crippen LogP contribution in [0.15, 0.2) is 10.5 Å². The average molecular weight is 211 g/mol. The Balaban J connectivity index is 2.91. The Morgan fingerprint density at radius 1 is 1.60 bits per heavy atom. The normalized spacial score (nSPS) is 11.5. The molecule has 0 atom stereocenters. The number of rotatable bonds is 3. The van der Waals surface area contributed by atoms with Gasteiger partial charge >= 0.3 is 5.97 Å². The number of hydrogen-bond acceptors (Lipinski definition) is 4. The van der Waals surface area contributed by atoms with Gasteiger partial charge in [-0.15, -0.1) is 0 Å². The molecule has 1 aromatic heterocycles. The first kappa shape index (κ1) is 11.8. The molecule has 0 radical (unpaired) electrons. The van der Waals surface area contributed by atoms with Crippen molar-refractivity contribution in [3.05, 3.63) is 23.2 Å². The van der Waals surface area contributed by atoms with Crippen LogP contribution >= 0.6 is 0 Å². The Hall–Kier alpha value is -1.29. The molecular formula is C11H17NO3.